The molecule has 10 heteroatoms. The van der Waals surface area contributed by atoms with Crippen LogP contribution in [0.1, 0.15) is 46.0 Å². The van der Waals surface area contributed by atoms with Crippen molar-refractivity contribution in [2.45, 2.75) is 69.8 Å². The Morgan fingerprint density at radius 2 is 1.94 bits per heavy atom. The van der Waals surface area contributed by atoms with Crippen LogP contribution in [-0.2, 0) is 28.7 Å². The topological polar surface area (TPSA) is 125 Å². The van der Waals surface area contributed by atoms with E-state index < -0.39 is 41.7 Å². The molecule has 2 N–H and O–H groups in total. The number of β-amino-alcohol motifs (C(OH)–C–C–N with tert-alkyl or cyclic N) is 1. The molecule has 198 valence electrons. The fourth-order valence-electron chi connectivity index (χ4n) is 5.78. The van der Waals surface area contributed by atoms with Crippen LogP contribution in [0.15, 0.2) is 24.3 Å². The average molecular weight is 504 g/mol. The van der Waals surface area contributed by atoms with Crippen LogP contribution in [0.5, 0.6) is 0 Å². The smallest absolute Gasteiger partial charge is 0.313 e. The summed E-state index contributed by atoms with van der Waals surface area (Å²) in [6.45, 7) is 4.42. The van der Waals surface area contributed by atoms with Crippen molar-refractivity contribution < 1.29 is 33.8 Å². The standard InChI is InChI=1S/C26H37N3O7/c1-3-4-7-12-28-13-8-5-6-9-19(31)27-16-17(2)35-25(34)20-18-10-11-26(36-18)21(20)23(32)29(14-15-30)22(26)24(28)33/h5,8,10-11,17-18,20-22,30H,3-4,6-7,9,12-16H2,1-2H3,(H,27,31)/b8-5-/t17-,18+,20-,21-,22+,26-/m0/s1. The van der Waals surface area contributed by atoms with Crippen molar-refractivity contribution in [3.63, 3.8) is 0 Å². The Morgan fingerprint density at radius 1 is 1.14 bits per heavy atom. The first-order chi connectivity index (χ1) is 17.3. The molecule has 36 heavy (non-hydrogen) atoms. The van der Waals surface area contributed by atoms with Gasteiger partial charge in [-0.1, -0.05) is 44.1 Å². The van der Waals surface area contributed by atoms with Crippen LogP contribution >= 0.6 is 0 Å². The number of allylic oxidation sites excluding steroid dienone is 1. The summed E-state index contributed by atoms with van der Waals surface area (Å²) in [6.07, 6.45) is 9.52. The molecule has 5 bridgehead atoms. The SMILES string of the molecule is CCCCCN1C/C=C\CCC(=O)NC[C@H](C)OC(=O)[C@@H]2[C@H]3C(=O)N(CCO)[C@H](C1=O)[C@]31C=C[C@H]2O1. The van der Waals surface area contributed by atoms with Crippen LogP contribution in [0, 0.1) is 11.8 Å². The number of nitrogens with zero attached hydrogens (tertiary/aromatic N) is 2. The summed E-state index contributed by atoms with van der Waals surface area (Å²) in [5, 5.41) is 12.5. The number of nitrogens with one attached hydrogen (secondary N) is 1. The highest BCUT2D eigenvalue weighted by Gasteiger charge is 2.73. The number of hydrogen-bond donors (Lipinski definition) is 2. The highest BCUT2D eigenvalue weighted by molar-refractivity contribution is 5.99. The summed E-state index contributed by atoms with van der Waals surface area (Å²) >= 11 is 0. The fourth-order valence-corrected chi connectivity index (χ4v) is 5.78. The molecule has 1 spiro atoms. The molecule has 10 nitrogen and oxygen atoms in total. The minimum absolute atomic E-state index is 0.0296. The Bertz CT molecular complexity index is 934. The number of aliphatic hydroxyl groups is 1. The van der Waals surface area contributed by atoms with E-state index in [9.17, 15) is 24.3 Å². The number of esters is 1. The van der Waals surface area contributed by atoms with Crippen molar-refractivity contribution >= 4 is 23.7 Å². The zero-order chi connectivity index (χ0) is 25.9. The van der Waals surface area contributed by atoms with Crippen LogP contribution in [0.4, 0.5) is 0 Å². The summed E-state index contributed by atoms with van der Waals surface area (Å²) in [5.74, 6) is -3.21. The molecule has 0 aliphatic carbocycles. The van der Waals surface area contributed by atoms with Crippen molar-refractivity contribution in [3.05, 3.63) is 24.3 Å². The second kappa shape index (κ2) is 11.1. The van der Waals surface area contributed by atoms with Crippen molar-refractivity contribution in [1.82, 2.24) is 15.1 Å². The first-order valence-electron chi connectivity index (χ1n) is 13.0. The van der Waals surface area contributed by atoms with E-state index in [1.807, 2.05) is 12.2 Å². The maximum absolute atomic E-state index is 14.1. The van der Waals surface area contributed by atoms with E-state index in [1.54, 1.807) is 24.0 Å². The maximum atomic E-state index is 14.1. The third kappa shape index (κ3) is 4.80. The van der Waals surface area contributed by atoms with Gasteiger partial charge in [0.05, 0.1) is 25.2 Å². The van der Waals surface area contributed by atoms with Crippen molar-refractivity contribution in [1.29, 1.82) is 0 Å². The first-order valence-corrected chi connectivity index (χ1v) is 13.0. The fraction of sp³-hybridized carbons (Fsp3) is 0.692. The number of cyclic esters (lactones) is 1. The molecule has 0 unspecified atom stereocenters. The zero-order valence-electron chi connectivity index (χ0n) is 21.1. The van der Waals surface area contributed by atoms with Gasteiger partial charge in [0, 0.05) is 26.1 Å². The lowest BCUT2D eigenvalue weighted by molar-refractivity contribution is -0.158. The molecule has 4 heterocycles. The summed E-state index contributed by atoms with van der Waals surface area (Å²) in [5.41, 5.74) is -1.28. The Balaban J connectivity index is 1.71. The molecule has 4 aliphatic heterocycles. The lowest BCUT2D eigenvalue weighted by Crippen LogP contribution is -2.56. The van der Waals surface area contributed by atoms with E-state index in [4.69, 9.17) is 9.47 Å². The number of rotatable bonds is 6. The predicted molar refractivity (Wildman–Crippen MR) is 129 cm³/mol. The number of amides is 3. The number of unbranched alkanes of at least 4 members (excludes halogenated alkanes) is 2. The third-order valence-corrected chi connectivity index (χ3v) is 7.50. The lowest BCUT2D eigenvalue weighted by atomic mass is 9.74. The van der Waals surface area contributed by atoms with Gasteiger partial charge in [-0.3, -0.25) is 19.2 Å². The van der Waals surface area contributed by atoms with Crippen molar-refractivity contribution in [2.24, 2.45) is 11.8 Å². The van der Waals surface area contributed by atoms with Crippen LogP contribution in [0.3, 0.4) is 0 Å². The van der Waals surface area contributed by atoms with Gasteiger partial charge in [-0.05, 0) is 19.8 Å². The van der Waals surface area contributed by atoms with E-state index in [0.717, 1.165) is 19.3 Å². The minimum Gasteiger partial charge on any atom is -0.460 e. The summed E-state index contributed by atoms with van der Waals surface area (Å²) in [7, 11) is 0. The molecule has 0 aromatic heterocycles. The predicted octanol–water partition coefficient (Wildman–Crippen LogP) is 0.546. The highest BCUT2D eigenvalue weighted by Crippen LogP contribution is 2.55. The zero-order valence-corrected chi connectivity index (χ0v) is 21.1. The number of carbonyl (C=O) groups is 4. The van der Waals surface area contributed by atoms with Crippen LogP contribution in [0.2, 0.25) is 0 Å². The molecule has 2 saturated heterocycles. The number of fused-ring (bicyclic) bond motifs is 2. The average Bonchev–Trinajstić information content (AvgIpc) is 3.48. The molecule has 2 fully saturated rings. The highest BCUT2D eigenvalue weighted by atomic mass is 16.6. The maximum Gasteiger partial charge on any atom is 0.313 e. The molecular formula is C26H37N3O7. The Hall–Kier alpha value is -2.72. The summed E-state index contributed by atoms with van der Waals surface area (Å²) in [4.78, 5) is 56.2. The van der Waals surface area contributed by atoms with E-state index in [2.05, 4.69) is 12.2 Å². The quantitative estimate of drug-likeness (QED) is 0.308. The van der Waals surface area contributed by atoms with Crippen molar-refractivity contribution in [3.8, 4) is 0 Å². The van der Waals surface area contributed by atoms with Gasteiger partial charge in [0.25, 0.3) is 0 Å². The molecule has 0 aromatic carbocycles. The van der Waals surface area contributed by atoms with E-state index in [-0.39, 0.29) is 43.8 Å². The lowest BCUT2D eigenvalue weighted by Gasteiger charge is -2.35. The van der Waals surface area contributed by atoms with Crippen molar-refractivity contribution in [2.75, 3.05) is 32.8 Å². The molecular weight excluding hydrogens is 466 g/mol. The van der Waals surface area contributed by atoms with Gasteiger partial charge in [-0.2, -0.15) is 0 Å². The molecule has 4 aliphatic rings. The minimum atomic E-state index is -1.28. The van der Waals surface area contributed by atoms with Gasteiger partial charge in [-0.25, -0.2) is 0 Å². The van der Waals surface area contributed by atoms with Gasteiger partial charge >= 0.3 is 5.97 Å². The molecule has 0 saturated carbocycles. The molecule has 3 amide bonds. The van der Waals surface area contributed by atoms with E-state index >= 15 is 0 Å². The van der Waals surface area contributed by atoms with Gasteiger partial charge in [0.15, 0.2) is 0 Å². The normalized spacial score (nSPS) is 35.7. The number of carbonyl (C=O) groups excluding carboxylic acids is 4. The van der Waals surface area contributed by atoms with E-state index in [0.29, 0.717) is 19.5 Å². The number of ether oxygens (including phenoxy) is 2. The molecule has 6 atom stereocenters. The summed E-state index contributed by atoms with van der Waals surface area (Å²) < 4.78 is 11.9. The number of hydrogen-bond acceptors (Lipinski definition) is 7. The van der Waals surface area contributed by atoms with Gasteiger partial charge in [0.2, 0.25) is 17.7 Å². The van der Waals surface area contributed by atoms with Gasteiger partial charge < -0.3 is 29.7 Å². The monoisotopic (exact) mass is 503 g/mol. The number of aliphatic hydroxyl groups excluding tert-OH is 1. The number of likely N-dealkylation sites (tertiary alicyclic amines) is 1. The molecule has 0 aromatic rings. The third-order valence-electron chi connectivity index (χ3n) is 7.50. The largest absolute Gasteiger partial charge is 0.460 e. The van der Waals surface area contributed by atoms with Crippen LogP contribution in [0.25, 0.3) is 0 Å². The van der Waals surface area contributed by atoms with Gasteiger partial charge in [0.1, 0.15) is 23.7 Å². The van der Waals surface area contributed by atoms with Crippen LogP contribution < -0.4 is 5.32 Å². The van der Waals surface area contributed by atoms with Gasteiger partial charge in [-0.15, -0.1) is 0 Å². The Morgan fingerprint density at radius 3 is 2.69 bits per heavy atom. The molecule has 4 rings (SSSR count). The molecule has 0 radical (unpaired) electrons. The van der Waals surface area contributed by atoms with E-state index in [1.165, 1.54) is 4.90 Å². The second-order valence-corrected chi connectivity index (χ2v) is 10.0. The Labute approximate surface area is 211 Å². The first kappa shape index (κ1) is 26.3. The summed E-state index contributed by atoms with van der Waals surface area (Å²) in [6, 6.07) is -0.979. The second-order valence-electron chi connectivity index (χ2n) is 10.0. The Kier molecular flexibility index (Phi) is 8.14. The van der Waals surface area contributed by atoms with Crippen LogP contribution in [-0.4, -0.2) is 95.2 Å².